The van der Waals surface area contributed by atoms with E-state index in [4.69, 9.17) is 10.5 Å². The summed E-state index contributed by atoms with van der Waals surface area (Å²) in [7, 11) is 0. The van der Waals surface area contributed by atoms with Gasteiger partial charge in [0.15, 0.2) is 6.10 Å². The minimum Gasteiger partial charge on any atom is -0.451 e. The number of ether oxygens (including phenoxy) is 1. The predicted octanol–water partition coefficient (Wildman–Crippen LogP) is 0.518. The van der Waals surface area contributed by atoms with Crippen molar-refractivity contribution in [2.75, 3.05) is 5.32 Å². The average Bonchev–Trinajstić information content (AvgIpc) is 2.57. The zero-order valence-electron chi connectivity index (χ0n) is 13.5. The summed E-state index contributed by atoms with van der Waals surface area (Å²) in [6.07, 6.45) is 0.400. The van der Waals surface area contributed by atoms with Crippen molar-refractivity contribution in [3.63, 3.8) is 0 Å². The monoisotopic (exact) mass is 343 g/mol. The highest BCUT2D eigenvalue weighted by Crippen LogP contribution is 2.10. The molecule has 1 aromatic heterocycles. The Balaban J connectivity index is 1.91. The summed E-state index contributed by atoms with van der Waals surface area (Å²) in [5, 5.41) is 2.55. The molecule has 0 aliphatic carbocycles. The van der Waals surface area contributed by atoms with Crippen molar-refractivity contribution in [3.05, 3.63) is 64.6 Å². The van der Waals surface area contributed by atoms with Crippen LogP contribution in [0, 0.1) is 0 Å². The van der Waals surface area contributed by atoms with Crippen LogP contribution in [0.5, 0.6) is 0 Å². The summed E-state index contributed by atoms with van der Waals surface area (Å²) in [6.45, 7) is 1.13. The van der Waals surface area contributed by atoms with Gasteiger partial charge in [0.25, 0.3) is 11.5 Å². The molecule has 25 heavy (non-hydrogen) atoms. The Kier molecular flexibility index (Phi) is 5.67. The second-order valence-corrected chi connectivity index (χ2v) is 5.23. The molecule has 130 valence electrons. The van der Waals surface area contributed by atoms with E-state index >= 15 is 0 Å². The first-order valence-corrected chi connectivity index (χ1v) is 7.42. The maximum absolute atomic E-state index is 12.0. The maximum atomic E-state index is 12.0. The van der Waals surface area contributed by atoms with Crippen LogP contribution < -0.4 is 16.6 Å². The molecule has 8 nitrogen and oxygen atoms in total. The molecule has 0 unspecified atom stereocenters. The van der Waals surface area contributed by atoms with Gasteiger partial charge in [-0.15, -0.1) is 0 Å². The molecular weight excluding hydrogens is 326 g/mol. The number of pyridine rings is 1. The lowest BCUT2D eigenvalue weighted by Gasteiger charge is -2.14. The first-order valence-electron chi connectivity index (χ1n) is 7.42. The Morgan fingerprint density at radius 2 is 1.84 bits per heavy atom. The van der Waals surface area contributed by atoms with Gasteiger partial charge in [0, 0.05) is 23.5 Å². The Morgan fingerprint density at radius 3 is 2.44 bits per heavy atom. The number of hydrogen-bond acceptors (Lipinski definition) is 5. The van der Waals surface area contributed by atoms with Gasteiger partial charge in [0.05, 0.1) is 0 Å². The van der Waals surface area contributed by atoms with Crippen LogP contribution in [0.3, 0.4) is 0 Å². The normalized spacial score (nSPS) is 11.4. The Hall–Kier alpha value is -3.42. The molecule has 0 saturated carbocycles. The number of primary amides is 1. The lowest BCUT2D eigenvalue weighted by atomic mass is 10.2. The van der Waals surface area contributed by atoms with E-state index in [9.17, 15) is 19.2 Å². The minimum absolute atomic E-state index is 0.287. The number of amides is 2. The van der Waals surface area contributed by atoms with Gasteiger partial charge in [0.1, 0.15) is 6.54 Å². The Labute approximate surface area is 143 Å². The molecule has 0 fully saturated rings. The molecule has 2 amide bonds. The highest BCUT2D eigenvalue weighted by atomic mass is 16.5. The fourth-order valence-corrected chi connectivity index (χ4v) is 1.98. The molecule has 3 N–H and O–H groups in total. The van der Waals surface area contributed by atoms with Gasteiger partial charge >= 0.3 is 5.97 Å². The first-order chi connectivity index (χ1) is 11.9. The molecule has 8 heteroatoms. The zero-order chi connectivity index (χ0) is 18.4. The summed E-state index contributed by atoms with van der Waals surface area (Å²) in [4.78, 5) is 46.4. The number of aromatic nitrogens is 1. The quantitative estimate of drug-likeness (QED) is 0.741. The third-order valence-corrected chi connectivity index (χ3v) is 3.31. The van der Waals surface area contributed by atoms with Crippen molar-refractivity contribution < 1.29 is 19.1 Å². The predicted molar refractivity (Wildman–Crippen MR) is 89.8 cm³/mol. The highest BCUT2D eigenvalue weighted by molar-refractivity contribution is 5.96. The van der Waals surface area contributed by atoms with E-state index in [2.05, 4.69) is 5.32 Å². The van der Waals surface area contributed by atoms with Crippen LogP contribution in [0.1, 0.15) is 17.3 Å². The van der Waals surface area contributed by atoms with E-state index in [0.717, 1.165) is 0 Å². The van der Waals surface area contributed by atoms with Crippen LogP contribution in [0.25, 0.3) is 0 Å². The van der Waals surface area contributed by atoms with Gasteiger partial charge < -0.3 is 20.4 Å². The molecule has 0 bridgehead atoms. The van der Waals surface area contributed by atoms with Crippen molar-refractivity contribution in [2.24, 2.45) is 5.73 Å². The Bertz CT molecular complexity index is 842. The van der Waals surface area contributed by atoms with Crippen molar-refractivity contribution in [1.29, 1.82) is 0 Å². The number of anilines is 1. The number of hydrogen-bond donors (Lipinski definition) is 2. The summed E-state index contributed by atoms with van der Waals surface area (Å²) in [5.41, 5.74) is 5.53. The standard InChI is InChI=1S/C17H17N3O5/c1-11(25-15(22)10-20-9-3-2-4-14(20)21)17(24)19-13-7-5-12(6-8-13)16(18)23/h2-9,11H,10H2,1H3,(H2,18,23)(H,19,24)/t11-/m1/s1. The highest BCUT2D eigenvalue weighted by Gasteiger charge is 2.18. The van der Waals surface area contributed by atoms with Gasteiger partial charge in [-0.25, -0.2) is 0 Å². The number of rotatable bonds is 6. The molecule has 1 heterocycles. The van der Waals surface area contributed by atoms with Gasteiger partial charge in [-0.1, -0.05) is 6.07 Å². The largest absolute Gasteiger partial charge is 0.451 e. The van der Waals surface area contributed by atoms with Gasteiger partial charge in [-0.2, -0.15) is 0 Å². The minimum atomic E-state index is -1.05. The number of esters is 1. The van der Waals surface area contributed by atoms with E-state index in [1.54, 1.807) is 12.1 Å². The smallest absolute Gasteiger partial charge is 0.326 e. The van der Waals surface area contributed by atoms with Crippen LogP contribution in [-0.2, 0) is 20.9 Å². The molecular formula is C17H17N3O5. The number of carbonyl (C=O) groups excluding carboxylic acids is 3. The molecule has 0 spiro atoms. The molecule has 1 aromatic carbocycles. The van der Waals surface area contributed by atoms with Crippen LogP contribution >= 0.6 is 0 Å². The van der Waals surface area contributed by atoms with Crippen molar-refractivity contribution in [1.82, 2.24) is 4.57 Å². The fourth-order valence-electron chi connectivity index (χ4n) is 1.98. The van der Waals surface area contributed by atoms with E-state index in [-0.39, 0.29) is 12.1 Å². The number of nitrogens with zero attached hydrogens (tertiary/aromatic N) is 1. The lowest BCUT2D eigenvalue weighted by molar-refractivity contribution is -0.153. The third kappa shape index (κ3) is 5.03. The fraction of sp³-hybridized carbons (Fsp3) is 0.176. The molecule has 0 aliphatic rings. The van der Waals surface area contributed by atoms with Crippen LogP contribution in [0.4, 0.5) is 5.69 Å². The van der Waals surface area contributed by atoms with E-state index in [1.165, 1.54) is 48.0 Å². The Morgan fingerprint density at radius 1 is 1.16 bits per heavy atom. The van der Waals surface area contributed by atoms with Gasteiger partial charge in [-0.05, 0) is 37.3 Å². The third-order valence-electron chi connectivity index (χ3n) is 3.31. The van der Waals surface area contributed by atoms with Gasteiger partial charge in [-0.3, -0.25) is 19.2 Å². The number of carbonyl (C=O) groups is 3. The first kappa shape index (κ1) is 17.9. The topological polar surface area (TPSA) is 120 Å². The molecule has 2 rings (SSSR count). The lowest BCUT2D eigenvalue weighted by Crippen LogP contribution is -2.32. The summed E-state index contributed by atoms with van der Waals surface area (Å²) in [6, 6.07) is 10.4. The molecule has 0 aliphatic heterocycles. The van der Waals surface area contributed by atoms with Crippen molar-refractivity contribution in [2.45, 2.75) is 19.6 Å². The molecule has 1 atom stereocenters. The summed E-state index contributed by atoms with van der Waals surface area (Å²) >= 11 is 0. The summed E-state index contributed by atoms with van der Waals surface area (Å²) in [5.74, 6) is -1.82. The van der Waals surface area contributed by atoms with E-state index < -0.39 is 23.9 Å². The van der Waals surface area contributed by atoms with E-state index in [1.807, 2.05) is 0 Å². The molecule has 0 radical (unpaired) electrons. The molecule has 0 saturated heterocycles. The van der Waals surface area contributed by atoms with Crippen LogP contribution in [-0.4, -0.2) is 28.5 Å². The van der Waals surface area contributed by atoms with E-state index in [0.29, 0.717) is 11.3 Å². The molecule has 2 aromatic rings. The van der Waals surface area contributed by atoms with Crippen molar-refractivity contribution >= 4 is 23.5 Å². The van der Waals surface area contributed by atoms with Gasteiger partial charge in [0.2, 0.25) is 5.91 Å². The summed E-state index contributed by atoms with van der Waals surface area (Å²) < 4.78 is 6.20. The van der Waals surface area contributed by atoms with Crippen LogP contribution in [0.15, 0.2) is 53.5 Å². The van der Waals surface area contributed by atoms with Crippen molar-refractivity contribution in [3.8, 4) is 0 Å². The SMILES string of the molecule is C[C@@H](OC(=O)Cn1ccccc1=O)C(=O)Nc1ccc(C(N)=O)cc1. The zero-order valence-corrected chi connectivity index (χ0v) is 13.5. The average molecular weight is 343 g/mol. The second-order valence-electron chi connectivity index (χ2n) is 5.23. The number of nitrogens with one attached hydrogen (secondary N) is 1. The van der Waals surface area contributed by atoms with Crippen LogP contribution in [0.2, 0.25) is 0 Å². The maximum Gasteiger partial charge on any atom is 0.326 e. The number of benzene rings is 1. The second kappa shape index (κ2) is 7.91. The number of nitrogens with two attached hydrogens (primary N) is 1.